The standard InChI is InChI=1S/C15H20N4O4/c1-10(17-21-3)11(2)18-23-9-12-7-5-6-8-13(12)14(15(16)20)19-22-4/h5-8H,9H2,1-4H3,(H2,16,20)/b17-10+,18-11+,19-14+. The Labute approximate surface area is 134 Å². The minimum Gasteiger partial charge on any atom is -0.399 e. The Morgan fingerprint density at radius 3 is 2.26 bits per heavy atom. The van der Waals surface area contributed by atoms with Crippen molar-refractivity contribution in [1.29, 1.82) is 0 Å². The van der Waals surface area contributed by atoms with Gasteiger partial charge in [-0.2, -0.15) is 0 Å². The highest BCUT2D eigenvalue weighted by Gasteiger charge is 2.15. The maximum Gasteiger partial charge on any atom is 0.271 e. The number of oxime groups is 3. The van der Waals surface area contributed by atoms with Crippen LogP contribution in [0, 0.1) is 0 Å². The van der Waals surface area contributed by atoms with Crippen molar-refractivity contribution in [2.45, 2.75) is 20.5 Å². The van der Waals surface area contributed by atoms with Crippen LogP contribution in [0.15, 0.2) is 39.7 Å². The average Bonchev–Trinajstić information content (AvgIpc) is 2.53. The van der Waals surface area contributed by atoms with Gasteiger partial charge in [-0.05, 0) is 13.8 Å². The Hall–Kier alpha value is -2.90. The minimum absolute atomic E-state index is 0.0181. The Bertz CT molecular complexity index is 638. The molecule has 0 spiro atoms. The Balaban J connectivity index is 2.95. The topological polar surface area (TPSA) is 108 Å². The van der Waals surface area contributed by atoms with Crippen molar-refractivity contribution in [2.24, 2.45) is 21.2 Å². The Morgan fingerprint density at radius 2 is 1.65 bits per heavy atom. The minimum atomic E-state index is -0.693. The van der Waals surface area contributed by atoms with Crippen LogP contribution in [0.4, 0.5) is 0 Å². The molecule has 0 aliphatic heterocycles. The summed E-state index contributed by atoms with van der Waals surface area (Å²) in [6.07, 6.45) is 0. The van der Waals surface area contributed by atoms with Gasteiger partial charge < -0.3 is 20.2 Å². The van der Waals surface area contributed by atoms with Gasteiger partial charge in [-0.15, -0.1) is 0 Å². The summed E-state index contributed by atoms with van der Waals surface area (Å²) in [5.41, 5.74) is 7.73. The molecule has 2 N–H and O–H groups in total. The third-order valence-corrected chi connectivity index (χ3v) is 2.86. The fourth-order valence-corrected chi connectivity index (χ4v) is 1.66. The van der Waals surface area contributed by atoms with Crippen LogP contribution in [0.5, 0.6) is 0 Å². The van der Waals surface area contributed by atoms with E-state index in [0.717, 1.165) is 0 Å². The number of hydrogen-bond donors (Lipinski definition) is 1. The molecule has 0 aliphatic rings. The zero-order valence-electron chi connectivity index (χ0n) is 13.6. The summed E-state index contributed by atoms with van der Waals surface area (Å²) in [5, 5.41) is 11.4. The molecule has 8 heteroatoms. The highest BCUT2D eigenvalue weighted by Crippen LogP contribution is 2.12. The van der Waals surface area contributed by atoms with Gasteiger partial charge in [0.15, 0.2) is 5.71 Å². The lowest BCUT2D eigenvalue weighted by atomic mass is 10.0. The first-order valence-electron chi connectivity index (χ1n) is 6.75. The lowest BCUT2D eigenvalue weighted by Crippen LogP contribution is -2.25. The fraction of sp³-hybridized carbons (Fsp3) is 0.333. The van der Waals surface area contributed by atoms with Gasteiger partial charge in [0, 0.05) is 11.1 Å². The van der Waals surface area contributed by atoms with Crippen LogP contribution >= 0.6 is 0 Å². The normalized spacial score (nSPS) is 12.8. The molecule has 0 heterocycles. The van der Waals surface area contributed by atoms with Crippen molar-refractivity contribution in [1.82, 2.24) is 0 Å². The van der Waals surface area contributed by atoms with E-state index in [2.05, 4.69) is 25.1 Å². The lowest BCUT2D eigenvalue weighted by molar-refractivity contribution is -0.112. The van der Waals surface area contributed by atoms with Crippen molar-refractivity contribution in [3.63, 3.8) is 0 Å². The predicted octanol–water partition coefficient (Wildman–Crippen LogP) is 1.44. The maximum atomic E-state index is 11.5. The first-order chi connectivity index (χ1) is 11.0. The zero-order valence-corrected chi connectivity index (χ0v) is 13.6. The van der Waals surface area contributed by atoms with Crippen molar-refractivity contribution in [2.75, 3.05) is 14.2 Å². The molecule has 124 valence electrons. The molecule has 1 aromatic rings. The average molecular weight is 320 g/mol. The van der Waals surface area contributed by atoms with E-state index in [9.17, 15) is 4.79 Å². The second-order valence-corrected chi connectivity index (χ2v) is 4.45. The molecule has 23 heavy (non-hydrogen) atoms. The maximum absolute atomic E-state index is 11.5. The van der Waals surface area contributed by atoms with Gasteiger partial charge in [-0.25, -0.2) is 0 Å². The molecule has 0 unspecified atom stereocenters. The molecule has 0 aliphatic carbocycles. The third kappa shape index (κ3) is 5.42. The molecule has 0 bridgehead atoms. The van der Waals surface area contributed by atoms with Crippen molar-refractivity contribution in [3.8, 4) is 0 Å². The van der Waals surface area contributed by atoms with Crippen molar-refractivity contribution in [3.05, 3.63) is 35.4 Å². The number of hydrogen-bond acceptors (Lipinski definition) is 7. The molecule has 1 amide bonds. The van der Waals surface area contributed by atoms with Crippen LogP contribution in [0.1, 0.15) is 25.0 Å². The number of carbonyl (C=O) groups is 1. The molecule has 0 aromatic heterocycles. The largest absolute Gasteiger partial charge is 0.399 e. The first-order valence-corrected chi connectivity index (χ1v) is 6.75. The van der Waals surface area contributed by atoms with Crippen LogP contribution in [0.25, 0.3) is 0 Å². The Kier molecular flexibility index (Phi) is 7.25. The second-order valence-electron chi connectivity index (χ2n) is 4.45. The number of carbonyl (C=O) groups excluding carboxylic acids is 1. The van der Waals surface area contributed by atoms with Crippen molar-refractivity contribution >= 4 is 23.0 Å². The molecule has 0 radical (unpaired) electrons. The molecule has 0 saturated carbocycles. The molecule has 0 atom stereocenters. The highest BCUT2D eigenvalue weighted by atomic mass is 16.6. The quantitative estimate of drug-likeness (QED) is 0.577. The van der Waals surface area contributed by atoms with Gasteiger partial charge in [-0.3, -0.25) is 4.79 Å². The van der Waals surface area contributed by atoms with E-state index in [-0.39, 0.29) is 12.3 Å². The number of benzene rings is 1. The lowest BCUT2D eigenvalue weighted by Gasteiger charge is -2.09. The van der Waals surface area contributed by atoms with Crippen LogP contribution in [0.3, 0.4) is 0 Å². The van der Waals surface area contributed by atoms with E-state index in [1.54, 1.807) is 32.0 Å². The second kappa shape index (κ2) is 9.19. The summed E-state index contributed by atoms with van der Waals surface area (Å²) >= 11 is 0. The fourth-order valence-electron chi connectivity index (χ4n) is 1.66. The molecule has 1 rings (SSSR count). The van der Waals surface area contributed by atoms with E-state index in [1.165, 1.54) is 14.2 Å². The summed E-state index contributed by atoms with van der Waals surface area (Å²) in [4.78, 5) is 26.1. The van der Waals surface area contributed by atoms with Gasteiger partial charge in [0.2, 0.25) is 0 Å². The summed E-state index contributed by atoms with van der Waals surface area (Å²) < 4.78 is 0. The zero-order chi connectivity index (χ0) is 17.2. The number of primary amides is 1. The van der Waals surface area contributed by atoms with Crippen LogP contribution in [0.2, 0.25) is 0 Å². The monoisotopic (exact) mass is 320 g/mol. The molecular weight excluding hydrogens is 300 g/mol. The van der Waals surface area contributed by atoms with E-state index < -0.39 is 5.91 Å². The number of amides is 1. The Morgan fingerprint density at radius 1 is 1.04 bits per heavy atom. The van der Waals surface area contributed by atoms with E-state index in [0.29, 0.717) is 22.6 Å². The molecular formula is C15H20N4O4. The number of nitrogens with zero attached hydrogens (tertiary/aromatic N) is 3. The molecule has 8 nitrogen and oxygen atoms in total. The van der Waals surface area contributed by atoms with Crippen LogP contribution in [-0.4, -0.2) is 37.3 Å². The number of rotatable bonds is 8. The van der Waals surface area contributed by atoms with Gasteiger partial charge in [0.05, 0.1) is 0 Å². The van der Waals surface area contributed by atoms with Gasteiger partial charge >= 0.3 is 0 Å². The molecule has 0 fully saturated rings. The van der Waals surface area contributed by atoms with Gasteiger partial charge in [-0.1, -0.05) is 39.7 Å². The van der Waals surface area contributed by atoms with Crippen molar-refractivity contribution < 1.29 is 19.3 Å². The van der Waals surface area contributed by atoms with Crippen LogP contribution < -0.4 is 5.73 Å². The van der Waals surface area contributed by atoms with E-state index in [1.807, 2.05) is 6.07 Å². The third-order valence-electron chi connectivity index (χ3n) is 2.86. The smallest absolute Gasteiger partial charge is 0.271 e. The predicted molar refractivity (Wildman–Crippen MR) is 87.2 cm³/mol. The number of nitrogens with two attached hydrogens (primary N) is 1. The van der Waals surface area contributed by atoms with Crippen LogP contribution in [-0.2, 0) is 25.9 Å². The molecule has 1 aromatic carbocycles. The van der Waals surface area contributed by atoms with Gasteiger partial charge in [0.1, 0.15) is 32.2 Å². The summed E-state index contributed by atoms with van der Waals surface area (Å²) in [7, 11) is 2.79. The summed E-state index contributed by atoms with van der Waals surface area (Å²) in [5.74, 6) is -0.693. The highest BCUT2D eigenvalue weighted by molar-refractivity contribution is 6.45. The molecule has 0 saturated heterocycles. The SMILES string of the molecule is CO/N=C(C)/C(C)=N/OCc1ccccc1/C(=N\OC)C(N)=O. The summed E-state index contributed by atoms with van der Waals surface area (Å²) in [6, 6.07) is 7.05. The van der Waals surface area contributed by atoms with E-state index in [4.69, 9.17) is 10.6 Å². The van der Waals surface area contributed by atoms with Gasteiger partial charge in [0.25, 0.3) is 5.91 Å². The van der Waals surface area contributed by atoms with E-state index >= 15 is 0 Å². The summed E-state index contributed by atoms with van der Waals surface area (Å²) in [6.45, 7) is 3.62. The first kappa shape index (κ1) is 18.1.